The quantitative estimate of drug-likeness (QED) is 0.735. The SMILES string of the molecule is Cn1c(=O)oc2cc(S(=O)(=O)Cc3ccc(F)c(F)c3)ccc21. The molecule has 5 nitrogen and oxygen atoms in total. The van der Waals surface area contributed by atoms with E-state index in [9.17, 15) is 22.0 Å². The van der Waals surface area contributed by atoms with E-state index in [4.69, 9.17) is 4.42 Å². The van der Waals surface area contributed by atoms with Gasteiger partial charge in [0.1, 0.15) is 0 Å². The standard InChI is InChI=1S/C15H11F2NO4S/c1-18-13-5-3-10(7-14(13)22-15(18)19)23(20,21)8-9-2-4-11(16)12(17)6-9/h2-7H,8H2,1H3. The molecular weight excluding hydrogens is 328 g/mol. The molecule has 0 spiro atoms. The smallest absolute Gasteiger partial charge is 0.408 e. The Bertz CT molecular complexity index is 1070. The molecule has 23 heavy (non-hydrogen) atoms. The number of hydrogen-bond donors (Lipinski definition) is 0. The van der Waals surface area contributed by atoms with Gasteiger partial charge in [0.2, 0.25) is 0 Å². The van der Waals surface area contributed by atoms with Crippen LogP contribution in [-0.4, -0.2) is 13.0 Å². The molecule has 2 aromatic carbocycles. The molecule has 0 aliphatic carbocycles. The number of oxazole rings is 1. The molecule has 0 N–H and O–H groups in total. The highest BCUT2D eigenvalue weighted by molar-refractivity contribution is 7.90. The summed E-state index contributed by atoms with van der Waals surface area (Å²) >= 11 is 0. The lowest BCUT2D eigenvalue weighted by Gasteiger charge is -2.05. The minimum atomic E-state index is -3.80. The fourth-order valence-corrected chi connectivity index (χ4v) is 3.59. The molecule has 8 heteroatoms. The van der Waals surface area contributed by atoms with Gasteiger partial charge >= 0.3 is 5.76 Å². The second-order valence-electron chi connectivity index (χ2n) is 5.06. The minimum Gasteiger partial charge on any atom is -0.408 e. The number of nitrogens with zero attached hydrogens (tertiary/aromatic N) is 1. The van der Waals surface area contributed by atoms with Crippen molar-refractivity contribution < 1.29 is 21.6 Å². The summed E-state index contributed by atoms with van der Waals surface area (Å²) in [6, 6.07) is 6.96. The largest absolute Gasteiger partial charge is 0.419 e. The van der Waals surface area contributed by atoms with Gasteiger partial charge in [-0.3, -0.25) is 4.57 Å². The van der Waals surface area contributed by atoms with Gasteiger partial charge in [-0.1, -0.05) is 6.07 Å². The van der Waals surface area contributed by atoms with Gasteiger partial charge in [0, 0.05) is 13.1 Å². The highest BCUT2D eigenvalue weighted by atomic mass is 32.2. The van der Waals surface area contributed by atoms with Crippen LogP contribution in [0.1, 0.15) is 5.56 Å². The van der Waals surface area contributed by atoms with Crippen molar-refractivity contribution in [1.82, 2.24) is 4.57 Å². The van der Waals surface area contributed by atoms with E-state index in [0.717, 1.165) is 12.1 Å². The summed E-state index contributed by atoms with van der Waals surface area (Å²) in [6.07, 6.45) is 0. The van der Waals surface area contributed by atoms with E-state index in [1.54, 1.807) is 0 Å². The lowest BCUT2D eigenvalue weighted by Crippen LogP contribution is -2.08. The van der Waals surface area contributed by atoms with Crippen molar-refractivity contribution in [2.45, 2.75) is 10.6 Å². The van der Waals surface area contributed by atoms with E-state index in [-0.39, 0.29) is 16.0 Å². The van der Waals surface area contributed by atoms with Crippen LogP contribution in [-0.2, 0) is 22.6 Å². The fraction of sp³-hybridized carbons (Fsp3) is 0.133. The Balaban J connectivity index is 2.01. The third kappa shape index (κ3) is 2.77. The monoisotopic (exact) mass is 339 g/mol. The number of hydrogen-bond acceptors (Lipinski definition) is 4. The van der Waals surface area contributed by atoms with Gasteiger partial charge in [-0.25, -0.2) is 22.0 Å². The summed E-state index contributed by atoms with van der Waals surface area (Å²) in [5.41, 5.74) is 0.726. The molecule has 0 amide bonds. The summed E-state index contributed by atoms with van der Waals surface area (Å²) in [5, 5.41) is 0. The van der Waals surface area contributed by atoms with Crippen LogP contribution in [0, 0.1) is 11.6 Å². The van der Waals surface area contributed by atoms with Crippen molar-refractivity contribution in [2.24, 2.45) is 7.05 Å². The summed E-state index contributed by atoms with van der Waals surface area (Å²) in [7, 11) is -2.29. The molecule has 0 aliphatic heterocycles. The Hall–Kier alpha value is -2.48. The highest BCUT2D eigenvalue weighted by Gasteiger charge is 2.18. The van der Waals surface area contributed by atoms with E-state index < -0.39 is 33.0 Å². The number of aryl methyl sites for hydroxylation is 1. The van der Waals surface area contributed by atoms with Gasteiger partial charge in [-0.2, -0.15) is 0 Å². The molecule has 0 aliphatic rings. The van der Waals surface area contributed by atoms with Crippen LogP contribution in [0.15, 0.2) is 50.5 Å². The summed E-state index contributed by atoms with van der Waals surface area (Å²) in [4.78, 5) is 11.4. The molecule has 1 aromatic heterocycles. The maximum atomic E-state index is 13.2. The molecule has 0 fully saturated rings. The Morgan fingerprint density at radius 3 is 2.52 bits per heavy atom. The average molecular weight is 339 g/mol. The predicted molar refractivity (Wildman–Crippen MR) is 78.7 cm³/mol. The Labute approximate surface area is 129 Å². The highest BCUT2D eigenvalue weighted by Crippen LogP contribution is 2.22. The zero-order chi connectivity index (χ0) is 16.8. The predicted octanol–water partition coefficient (Wildman–Crippen LogP) is 2.38. The van der Waals surface area contributed by atoms with E-state index >= 15 is 0 Å². The minimum absolute atomic E-state index is 0.0657. The Morgan fingerprint density at radius 1 is 1.09 bits per heavy atom. The van der Waals surface area contributed by atoms with E-state index in [1.165, 1.54) is 35.9 Å². The Kier molecular flexibility index (Phi) is 3.56. The summed E-state index contributed by atoms with van der Waals surface area (Å²) in [6.45, 7) is 0. The van der Waals surface area contributed by atoms with E-state index in [1.807, 2.05) is 0 Å². The van der Waals surface area contributed by atoms with E-state index in [0.29, 0.717) is 5.52 Å². The first-order valence-electron chi connectivity index (χ1n) is 6.54. The third-order valence-corrected chi connectivity index (χ3v) is 5.15. The molecule has 3 rings (SSSR count). The molecule has 0 unspecified atom stereocenters. The molecule has 0 bridgehead atoms. The maximum Gasteiger partial charge on any atom is 0.419 e. The summed E-state index contributed by atoms with van der Waals surface area (Å²) < 4.78 is 57.1. The van der Waals surface area contributed by atoms with Crippen molar-refractivity contribution in [3.63, 3.8) is 0 Å². The van der Waals surface area contributed by atoms with Crippen LogP contribution < -0.4 is 5.76 Å². The first-order chi connectivity index (χ1) is 10.8. The zero-order valence-corrected chi connectivity index (χ0v) is 12.7. The fourth-order valence-electron chi connectivity index (χ4n) is 2.24. The first-order valence-corrected chi connectivity index (χ1v) is 8.19. The van der Waals surface area contributed by atoms with Crippen LogP contribution in [0.5, 0.6) is 0 Å². The van der Waals surface area contributed by atoms with Gasteiger partial charge in [0.25, 0.3) is 0 Å². The van der Waals surface area contributed by atoms with Gasteiger partial charge in [0.05, 0.1) is 16.2 Å². The molecule has 0 saturated heterocycles. The van der Waals surface area contributed by atoms with Gasteiger partial charge < -0.3 is 4.42 Å². The molecular formula is C15H11F2NO4S. The molecule has 3 aromatic rings. The number of rotatable bonds is 3. The van der Waals surface area contributed by atoms with Crippen molar-refractivity contribution in [3.8, 4) is 0 Å². The molecule has 120 valence electrons. The Morgan fingerprint density at radius 2 is 1.83 bits per heavy atom. The zero-order valence-electron chi connectivity index (χ0n) is 11.9. The maximum absolute atomic E-state index is 13.2. The lowest BCUT2D eigenvalue weighted by molar-refractivity contribution is 0.507. The second-order valence-corrected chi connectivity index (χ2v) is 7.05. The average Bonchev–Trinajstić information content (AvgIpc) is 2.77. The number of benzene rings is 2. The molecule has 1 heterocycles. The van der Waals surface area contributed by atoms with Crippen molar-refractivity contribution in [1.29, 1.82) is 0 Å². The third-order valence-electron chi connectivity index (χ3n) is 3.46. The van der Waals surface area contributed by atoms with Gasteiger partial charge in [0.15, 0.2) is 27.1 Å². The van der Waals surface area contributed by atoms with E-state index in [2.05, 4.69) is 0 Å². The van der Waals surface area contributed by atoms with Gasteiger partial charge in [-0.05, 0) is 29.8 Å². The number of sulfone groups is 1. The molecule has 0 radical (unpaired) electrons. The molecule has 0 atom stereocenters. The topological polar surface area (TPSA) is 69.3 Å². The first kappa shape index (κ1) is 15.4. The van der Waals surface area contributed by atoms with Crippen molar-refractivity contribution >= 4 is 20.9 Å². The number of halogens is 2. The van der Waals surface area contributed by atoms with Crippen LogP contribution in [0.2, 0.25) is 0 Å². The lowest BCUT2D eigenvalue weighted by atomic mass is 10.2. The van der Waals surface area contributed by atoms with Crippen LogP contribution in [0.25, 0.3) is 11.1 Å². The summed E-state index contributed by atoms with van der Waals surface area (Å²) in [5.74, 6) is -3.25. The van der Waals surface area contributed by atoms with Crippen LogP contribution >= 0.6 is 0 Å². The van der Waals surface area contributed by atoms with Gasteiger partial charge in [-0.15, -0.1) is 0 Å². The molecule has 0 saturated carbocycles. The van der Waals surface area contributed by atoms with Crippen molar-refractivity contribution in [2.75, 3.05) is 0 Å². The van der Waals surface area contributed by atoms with Crippen molar-refractivity contribution in [3.05, 3.63) is 64.1 Å². The second kappa shape index (κ2) is 5.31. The number of aromatic nitrogens is 1. The van der Waals surface area contributed by atoms with Crippen LogP contribution in [0.3, 0.4) is 0 Å². The van der Waals surface area contributed by atoms with Crippen LogP contribution in [0.4, 0.5) is 8.78 Å². The number of fused-ring (bicyclic) bond motifs is 1. The normalized spacial score (nSPS) is 12.0.